The number of para-hydroxylation sites is 1. The molecule has 1 N–H and O–H groups in total. The summed E-state index contributed by atoms with van der Waals surface area (Å²) in [6.45, 7) is 5.83. The van der Waals surface area contributed by atoms with Gasteiger partial charge in [0.1, 0.15) is 0 Å². The molecule has 0 atom stereocenters. The molecule has 0 aliphatic carbocycles. The number of benzene rings is 1. The van der Waals surface area contributed by atoms with E-state index in [1.54, 1.807) is 0 Å². The topological polar surface area (TPSA) is 72.7 Å². The van der Waals surface area contributed by atoms with Gasteiger partial charge >= 0.3 is 0 Å². The number of hydrogen-bond acceptors (Lipinski definition) is 5. The number of amides is 1. The van der Waals surface area contributed by atoms with Crippen molar-refractivity contribution in [3.05, 3.63) is 30.3 Å². The zero-order valence-corrected chi connectivity index (χ0v) is 12.5. The Labute approximate surface area is 121 Å². The van der Waals surface area contributed by atoms with Crippen molar-refractivity contribution < 1.29 is 4.79 Å². The predicted molar refractivity (Wildman–Crippen MR) is 77.8 cm³/mol. The van der Waals surface area contributed by atoms with Gasteiger partial charge in [-0.15, -0.1) is 15.0 Å². The molecule has 0 fully saturated rings. The van der Waals surface area contributed by atoms with E-state index in [0.29, 0.717) is 5.16 Å². The molecule has 0 saturated carbocycles. The standard InChI is InChI=1S/C13H17N5OS/c1-13(2,3)14-11(19)9-20-12-15-17-18(16-12)10-7-5-4-6-8-10/h4-8H,9H2,1-3H3,(H,14,19). The number of carbonyl (C=O) groups excluding carboxylic acids is 1. The molecule has 2 aromatic rings. The van der Waals surface area contributed by atoms with Crippen LogP contribution < -0.4 is 5.32 Å². The Balaban J connectivity index is 1.92. The first-order valence-electron chi connectivity index (χ1n) is 6.23. The lowest BCUT2D eigenvalue weighted by atomic mass is 10.1. The molecule has 2 rings (SSSR count). The second kappa shape index (κ2) is 6.04. The maximum Gasteiger partial charge on any atom is 0.232 e. The average Bonchev–Trinajstić information content (AvgIpc) is 2.84. The highest BCUT2D eigenvalue weighted by molar-refractivity contribution is 7.99. The van der Waals surface area contributed by atoms with Crippen LogP contribution in [0.3, 0.4) is 0 Å². The van der Waals surface area contributed by atoms with Crippen molar-refractivity contribution in [2.24, 2.45) is 0 Å². The molecule has 20 heavy (non-hydrogen) atoms. The molecule has 0 aliphatic rings. The van der Waals surface area contributed by atoms with Crippen LogP contribution in [-0.2, 0) is 4.79 Å². The molecule has 106 valence electrons. The number of nitrogens with zero attached hydrogens (tertiary/aromatic N) is 4. The number of tetrazole rings is 1. The minimum atomic E-state index is -0.229. The number of aromatic nitrogens is 4. The number of nitrogens with one attached hydrogen (secondary N) is 1. The van der Waals surface area contributed by atoms with E-state index in [4.69, 9.17) is 0 Å². The van der Waals surface area contributed by atoms with Crippen LogP contribution in [0.15, 0.2) is 35.5 Å². The first-order chi connectivity index (χ1) is 9.44. The van der Waals surface area contributed by atoms with Crippen molar-refractivity contribution in [1.29, 1.82) is 0 Å². The van der Waals surface area contributed by atoms with E-state index in [-0.39, 0.29) is 17.2 Å². The minimum Gasteiger partial charge on any atom is -0.351 e. The van der Waals surface area contributed by atoms with Gasteiger partial charge in [0.25, 0.3) is 0 Å². The highest BCUT2D eigenvalue weighted by atomic mass is 32.2. The molecule has 0 radical (unpaired) electrons. The van der Waals surface area contributed by atoms with E-state index in [1.807, 2.05) is 51.1 Å². The summed E-state index contributed by atoms with van der Waals surface area (Å²) in [5.41, 5.74) is 0.609. The zero-order chi connectivity index (χ0) is 14.6. The van der Waals surface area contributed by atoms with Crippen molar-refractivity contribution in [3.8, 4) is 5.69 Å². The van der Waals surface area contributed by atoms with E-state index in [1.165, 1.54) is 16.6 Å². The van der Waals surface area contributed by atoms with E-state index in [2.05, 4.69) is 20.7 Å². The van der Waals surface area contributed by atoms with Crippen LogP contribution >= 0.6 is 11.8 Å². The van der Waals surface area contributed by atoms with Crippen LogP contribution in [0.2, 0.25) is 0 Å². The van der Waals surface area contributed by atoms with Crippen LogP contribution in [0, 0.1) is 0 Å². The van der Waals surface area contributed by atoms with E-state index < -0.39 is 0 Å². The molecule has 0 saturated heterocycles. The third-order valence-electron chi connectivity index (χ3n) is 2.23. The second-order valence-electron chi connectivity index (χ2n) is 5.28. The summed E-state index contributed by atoms with van der Waals surface area (Å²) in [4.78, 5) is 13.1. The van der Waals surface area contributed by atoms with E-state index >= 15 is 0 Å². The fraction of sp³-hybridized carbons (Fsp3) is 0.385. The SMILES string of the molecule is CC(C)(C)NC(=O)CSc1nnn(-c2ccccc2)n1. The van der Waals surface area contributed by atoms with Gasteiger partial charge in [0.2, 0.25) is 11.1 Å². The summed E-state index contributed by atoms with van der Waals surface area (Å²) in [5, 5.41) is 15.5. The van der Waals surface area contributed by atoms with Crippen LogP contribution in [-0.4, -0.2) is 37.4 Å². The van der Waals surface area contributed by atoms with Gasteiger partial charge in [0, 0.05) is 5.54 Å². The lowest BCUT2D eigenvalue weighted by molar-refractivity contribution is -0.119. The largest absolute Gasteiger partial charge is 0.351 e. The van der Waals surface area contributed by atoms with E-state index in [0.717, 1.165) is 5.69 Å². The van der Waals surface area contributed by atoms with Crippen molar-refractivity contribution in [3.63, 3.8) is 0 Å². The molecule has 1 aromatic heterocycles. The summed E-state index contributed by atoms with van der Waals surface area (Å²) in [6, 6.07) is 9.52. The second-order valence-corrected chi connectivity index (χ2v) is 6.23. The Morgan fingerprint density at radius 3 is 2.65 bits per heavy atom. The van der Waals surface area contributed by atoms with Crippen molar-refractivity contribution in [2.75, 3.05) is 5.75 Å². The van der Waals surface area contributed by atoms with Crippen LogP contribution in [0.4, 0.5) is 0 Å². The average molecular weight is 291 g/mol. The molecule has 0 aliphatic heterocycles. The quantitative estimate of drug-likeness (QED) is 0.867. The number of hydrogen-bond donors (Lipinski definition) is 1. The first-order valence-corrected chi connectivity index (χ1v) is 7.22. The minimum absolute atomic E-state index is 0.0430. The van der Waals surface area contributed by atoms with Gasteiger partial charge in [-0.25, -0.2) is 0 Å². The third kappa shape index (κ3) is 4.34. The Morgan fingerprint density at radius 1 is 1.30 bits per heavy atom. The smallest absolute Gasteiger partial charge is 0.232 e. The fourth-order valence-electron chi connectivity index (χ4n) is 1.51. The van der Waals surface area contributed by atoms with Crippen molar-refractivity contribution in [1.82, 2.24) is 25.5 Å². The van der Waals surface area contributed by atoms with Crippen LogP contribution in [0.25, 0.3) is 5.69 Å². The lowest BCUT2D eigenvalue weighted by Gasteiger charge is -2.19. The van der Waals surface area contributed by atoms with Gasteiger partial charge < -0.3 is 5.32 Å². The highest BCUT2D eigenvalue weighted by Gasteiger charge is 2.15. The maximum absolute atomic E-state index is 11.7. The number of rotatable bonds is 4. The molecule has 7 heteroatoms. The molecule has 1 aromatic carbocycles. The summed E-state index contributed by atoms with van der Waals surface area (Å²) in [5.74, 6) is 0.233. The molecule has 6 nitrogen and oxygen atoms in total. The summed E-state index contributed by atoms with van der Waals surface area (Å²) >= 11 is 1.27. The predicted octanol–water partition coefficient (Wildman–Crippen LogP) is 1.67. The van der Waals surface area contributed by atoms with Crippen molar-refractivity contribution >= 4 is 17.7 Å². The Kier molecular flexibility index (Phi) is 4.39. The summed E-state index contributed by atoms with van der Waals surface area (Å²) < 4.78 is 0. The highest BCUT2D eigenvalue weighted by Crippen LogP contribution is 2.12. The van der Waals surface area contributed by atoms with E-state index in [9.17, 15) is 4.79 Å². The van der Waals surface area contributed by atoms with Crippen molar-refractivity contribution in [2.45, 2.75) is 31.5 Å². The zero-order valence-electron chi connectivity index (χ0n) is 11.7. The Bertz CT molecular complexity index is 576. The lowest BCUT2D eigenvalue weighted by Crippen LogP contribution is -2.41. The van der Waals surface area contributed by atoms with Gasteiger partial charge in [-0.2, -0.15) is 0 Å². The molecule has 0 bridgehead atoms. The molecule has 1 amide bonds. The van der Waals surface area contributed by atoms with Gasteiger partial charge in [0.05, 0.1) is 11.4 Å². The fourth-order valence-corrected chi connectivity index (χ4v) is 2.08. The maximum atomic E-state index is 11.7. The number of carbonyl (C=O) groups is 1. The first kappa shape index (κ1) is 14.5. The van der Waals surface area contributed by atoms with Gasteiger partial charge in [-0.3, -0.25) is 4.79 Å². The molecule has 0 unspecified atom stereocenters. The third-order valence-corrected chi connectivity index (χ3v) is 3.06. The van der Waals surface area contributed by atoms with Gasteiger partial charge in [-0.1, -0.05) is 30.0 Å². The van der Waals surface area contributed by atoms with Crippen LogP contribution in [0.5, 0.6) is 0 Å². The monoisotopic (exact) mass is 291 g/mol. The van der Waals surface area contributed by atoms with Gasteiger partial charge in [-0.05, 0) is 38.1 Å². The van der Waals surface area contributed by atoms with Crippen LogP contribution in [0.1, 0.15) is 20.8 Å². The normalized spacial score (nSPS) is 11.3. The molecule has 0 spiro atoms. The molecule has 1 heterocycles. The summed E-state index contributed by atoms with van der Waals surface area (Å²) in [6.07, 6.45) is 0. The Hall–Kier alpha value is -1.89. The summed E-state index contributed by atoms with van der Waals surface area (Å²) in [7, 11) is 0. The van der Waals surface area contributed by atoms with Gasteiger partial charge in [0.15, 0.2) is 0 Å². The number of thioether (sulfide) groups is 1. The molecular formula is C13H17N5OS. The molecular weight excluding hydrogens is 274 g/mol. The Morgan fingerprint density at radius 2 is 2.00 bits per heavy atom.